The Labute approximate surface area is 441 Å². The largest absolute Gasteiger partial charge is 1.00 e. The molecule has 0 spiro atoms. The van der Waals surface area contributed by atoms with Crippen LogP contribution in [0.1, 0.15) is 58.1 Å². The third-order valence-electron chi connectivity index (χ3n) is 11.6. The molecule has 0 radical (unpaired) electrons. The standard InChI is InChI=1S/C44H53F2N8O12P.2Na/c1-4-40(30(2)64-43(57)66-31(3)65-41(55)6-5-21-63-67(58,59)60)54-42(56)53(29-49-54)36-10-8-34(9-11-36)50-17-19-51(20-18-50)35-12-14-37(15-13-35)61-24-32-23-44(62-25-32,26-52-28-47-27-48-52)38-16-7-33(45)22-39(38)46;;/h7-16,22,27-32,40H,4-6,17-21,23-26H2,1-3H3,(H2,58,59,60);;/q;2*+1/p-2/t30-,31?,32+,40-,44-;;/m0../s1. The van der Waals surface area contributed by atoms with Gasteiger partial charge in [-0.15, -0.1) is 0 Å². The molecule has 0 N–H and O–H groups in total. The molecule has 3 aromatic carbocycles. The monoisotopic (exact) mass is 998 g/mol. The number of hydrogen-bond acceptors (Lipinski definition) is 17. The van der Waals surface area contributed by atoms with Crippen LogP contribution in [0.2, 0.25) is 0 Å². The molecule has 2 fully saturated rings. The summed E-state index contributed by atoms with van der Waals surface area (Å²) in [7, 11) is -5.15. The Bertz CT molecular complexity index is 2550. The number of anilines is 2. The molecule has 20 nitrogen and oxygen atoms in total. The smallest absolute Gasteiger partial charge is 0.790 e. The predicted octanol–water partition coefficient (Wildman–Crippen LogP) is -1.74. The van der Waals surface area contributed by atoms with Gasteiger partial charge >= 0.3 is 76.9 Å². The van der Waals surface area contributed by atoms with Crippen molar-refractivity contribution in [3.05, 3.63) is 113 Å². The second kappa shape index (κ2) is 25.3. The molecule has 4 heterocycles. The third-order valence-corrected chi connectivity index (χ3v) is 12.1. The molecular formula is C44H51F2N8Na2O12P. The SMILES string of the molecule is CC[C@@H]([C@H](C)OC(=O)OC(C)OC(=O)CCCOP(=O)([O-])[O-])n1ncn(-c2ccc(N3CCN(c4ccc(OC[C@@H]5CO[C@@](Cn6cncn6)(c6ccc(F)cc6F)C5)cc4)CC3)cc2)c1=O.[Na+].[Na+]. The first-order chi connectivity index (χ1) is 32.1. The van der Waals surface area contributed by atoms with Crippen LogP contribution in [-0.2, 0) is 45.0 Å². The zero-order chi connectivity index (χ0) is 47.7. The van der Waals surface area contributed by atoms with Crippen molar-refractivity contribution in [2.24, 2.45) is 5.92 Å². The molecule has 0 saturated carbocycles. The summed E-state index contributed by atoms with van der Waals surface area (Å²) in [4.78, 5) is 67.6. The van der Waals surface area contributed by atoms with Crippen molar-refractivity contribution in [1.82, 2.24) is 29.1 Å². The number of hydrogen-bond donors (Lipinski definition) is 0. The number of esters is 1. The van der Waals surface area contributed by atoms with Gasteiger partial charge in [-0.05, 0) is 80.8 Å². The number of benzene rings is 3. The summed E-state index contributed by atoms with van der Waals surface area (Å²) in [5, 5.41) is 8.48. The van der Waals surface area contributed by atoms with Gasteiger partial charge in [-0.25, -0.2) is 37.3 Å². The van der Waals surface area contributed by atoms with Crippen LogP contribution in [-0.4, -0.2) is 99.6 Å². The average Bonchev–Trinajstić information content (AvgIpc) is 4.06. The van der Waals surface area contributed by atoms with E-state index in [0.29, 0.717) is 37.5 Å². The molecule has 0 amide bonds. The molecule has 2 saturated heterocycles. The van der Waals surface area contributed by atoms with Crippen LogP contribution < -0.4 is 89.1 Å². The first-order valence-corrected chi connectivity index (χ1v) is 23.2. The molecule has 2 aliphatic rings. The van der Waals surface area contributed by atoms with Gasteiger partial charge in [0.05, 0.1) is 45.9 Å². The maximum atomic E-state index is 15.0. The first-order valence-electron chi connectivity index (χ1n) is 21.7. The minimum Gasteiger partial charge on any atom is -0.790 e. The molecular weight excluding hydrogens is 947 g/mol. The van der Waals surface area contributed by atoms with E-state index in [9.17, 15) is 33.1 Å². The number of piperazine rings is 1. The van der Waals surface area contributed by atoms with Crippen molar-refractivity contribution in [1.29, 1.82) is 0 Å². The van der Waals surface area contributed by atoms with Crippen molar-refractivity contribution < 1.29 is 120 Å². The molecule has 25 heteroatoms. The summed E-state index contributed by atoms with van der Waals surface area (Å²) in [6.07, 6.45) is 1.38. The Morgan fingerprint density at radius 2 is 1.55 bits per heavy atom. The Morgan fingerprint density at radius 1 is 0.899 bits per heavy atom. The van der Waals surface area contributed by atoms with Crippen molar-refractivity contribution >= 4 is 31.3 Å². The molecule has 69 heavy (non-hydrogen) atoms. The predicted molar refractivity (Wildman–Crippen MR) is 231 cm³/mol. The number of phosphoric ester groups is 1. The van der Waals surface area contributed by atoms with Gasteiger partial charge in [0.2, 0.25) is 6.29 Å². The van der Waals surface area contributed by atoms with E-state index in [1.807, 2.05) is 48.5 Å². The Balaban J connectivity index is 0.00000444. The molecule has 360 valence electrons. The fourth-order valence-electron chi connectivity index (χ4n) is 8.28. The van der Waals surface area contributed by atoms with E-state index in [0.717, 1.165) is 43.6 Å². The van der Waals surface area contributed by atoms with Gasteiger partial charge in [0.25, 0.3) is 0 Å². The normalized spacial score (nSPS) is 18.3. The number of phosphoric acid groups is 1. The molecule has 5 atom stereocenters. The van der Waals surface area contributed by atoms with Crippen LogP contribution in [0.5, 0.6) is 5.75 Å². The summed E-state index contributed by atoms with van der Waals surface area (Å²) < 4.78 is 75.4. The number of aromatic nitrogens is 6. The zero-order valence-electron chi connectivity index (χ0n) is 39.1. The maximum absolute atomic E-state index is 15.0. The molecule has 5 aromatic rings. The van der Waals surface area contributed by atoms with Crippen molar-refractivity contribution in [3.63, 3.8) is 0 Å². The van der Waals surface area contributed by atoms with E-state index in [2.05, 4.69) is 29.5 Å². The number of carbonyl (C=O) groups is 2. The number of halogens is 2. The van der Waals surface area contributed by atoms with Gasteiger partial charge in [-0.2, -0.15) is 10.2 Å². The topological polar surface area (TPSA) is 230 Å². The van der Waals surface area contributed by atoms with Gasteiger partial charge in [0.15, 0.2) is 0 Å². The van der Waals surface area contributed by atoms with Gasteiger partial charge in [0.1, 0.15) is 48.1 Å². The Kier molecular flexibility index (Phi) is 20.4. The summed E-state index contributed by atoms with van der Waals surface area (Å²) in [5.74, 6) is -1.52. The number of carbonyl (C=O) groups excluding carboxylic acids is 2. The zero-order valence-corrected chi connectivity index (χ0v) is 44.0. The van der Waals surface area contributed by atoms with Gasteiger partial charge in [0, 0.05) is 68.4 Å². The van der Waals surface area contributed by atoms with Crippen LogP contribution in [0.3, 0.4) is 0 Å². The van der Waals surface area contributed by atoms with Crippen molar-refractivity contribution in [3.8, 4) is 11.4 Å². The number of nitrogens with zero attached hydrogens (tertiary/aromatic N) is 8. The number of ether oxygens (including phenoxy) is 5. The van der Waals surface area contributed by atoms with E-state index in [-0.39, 0.29) is 90.0 Å². The van der Waals surface area contributed by atoms with Crippen molar-refractivity contribution in [2.75, 3.05) is 55.8 Å². The second-order valence-electron chi connectivity index (χ2n) is 16.2. The van der Waals surface area contributed by atoms with Gasteiger partial charge < -0.3 is 52.4 Å². The summed E-state index contributed by atoms with van der Waals surface area (Å²) in [5.41, 5.74) is 1.40. The number of rotatable bonds is 20. The molecule has 0 aliphatic carbocycles. The summed E-state index contributed by atoms with van der Waals surface area (Å²) >= 11 is 0. The van der Waals surface area contributed by atoms with Gasteiger partial charge in [-0.1, -0.05) is 13.0 Å². The van der Waals surface area contributed by atoms with Crippen LogP contribution in [0.4, 0.5) is 25.0 Å². The fourth-order valence-corrected chi connectivity index (χ4v) is 8.63. The minimum atomic E-state index is -5.15. The van der Waals surface area contributed by atoms with E-state index in [1.54, 1.807) is 18.5 Å². The van der Waals surface area contributed by atoms with Crippen LogP contribution in [0, 0.1) is 17.6 Å². The molecule has 7 rings (SSSR count). The third kappa shape index (κ3) is 14.9. The maximum Gasteiger partial charge on any atom is 1.00 e. The van der Waals surface area contributed by atoms with Crippen LogP contribution in [0.15, 0.2) is 90.5 Å². The average molecular weight is 999 g/mol. The summed E-state index contributed by atoms with van der Waals surface area (Å²) in [6.45, 7) is 8.12. The Morgan fingerprint density at radius 3 is 2.16 bits per heavy atom. The van der Waals surface area contributed by atoms with E-state index in [1.165, 1.54) is 47.3 Å². The van der Waals surface area contributed by atoms with Crippen LogP contribution >= 0.6 is 7.82 Å². The minimum absolute atomic E-state index is 0. The second-order valence-corrected chi connectivity index (χ2v) is 17.4. The van der Waals surface area contributed by atoms with E-state index >= 15 is 4.39 Å². The first kappa shape index (κ1) is 55.7. The summed E-state index contributed by atoms with van der Waals surface area (Å²) in [6, 6.07) is 18.3. The van der Waals surface area contributed by atoms with Gasteiger partial charge in [-0.3, -0.25) is 4.79 Å². The fraction of sp³-hybridized carbons (Fsp3) is 0.455. The van der Waals surface area contributed by atoms with E-state index in [4.69, 9.17) is 23.7 Å². The molecule has 1 unspecified atom stereocenters. The quantitative estimate of drug-likeness (QED) is 0.0277. The van der Waals surface area contributed by atoms with Crippen LogP contribution in [0.25, 0.3) is 5.69 Å². The molecule has 2 aliphatic heterocycles. The Hall–Kier alpha value is -4.19. The van der Waals surface area contributed by atoms with Crippen molar-refractivity contribution in [2.45, 2.75) is 77.0 Å². The molecule has 2 aromatic heterocycles. The van der Waals surface area contributed by atoms with E-state index < -0.39 is 67.9 Å². The molecule has 0 bridgehead atoms.